The van der Waals surface area contributed by atoms with Gasteiger partial charge in [0.2, 0.25) is 0 Å². The third-order valence-corrected chi connectivity index (χ3v) is 4.95. The first-order valence-corrected chi connectivity index (χ1v) is 9.29. The molecule has 3 rings (SSSR count). The van der Waals surface area contributed by atoms with E-state index in [0.717, 1.165) is 11.1 Å². The Bertz CT molecular complexity index is 777. The molecule has 2 aromatic carbocycles. The van der Waals surface area contributed by atoms with Crippen molar-refractivity contribution in [1.29, 1.82) is 0 Å². The fourth-order valence-electron chi connectivity index (χ4n) is 3.27. The third kappa shape index (κ3) is 4.42. The van der Waals surface area contributed by atoms with E-state index in [9.17, 15) is 9.90 Å². The fourth-order valence-corrected chi connectivity index (χ4v) is 3.27. The SMILES string of the molecule is CC[C@H]1C=C(O)N([C@@H](C)c2ccccc2)CN1C(=O)OCc1ccccc1. The number of nitrogens with zero attached hydrogens (tertiary/aromatic N) is 2. The maximum atomic E-state index is 12.7. The van der Waals surface area contributed by atoms with Crippen molar-refractivity contribution in [2.75, 3.05) is 6.67 Å². The van der Waals surface area contributed by atoms with Gasteiger partial charge in [-0.15, -0.1) is 0 Å². The monoisotopic (exact) mass is 366 g/mol. The zero-order valence-corrected chi connectivity index (χ0v) is 15.8. The van der Waals surface area contributed by atoms with Crippen LogP contribution in [0.15, 0.2) is 72.6 Å². The third-order valence-electron chi connectivity index (χ3n) is 4.95. The normalized spacial score (nSPS) is 18.0. The predicted molar refractivity (Wildman–Crippen MR) is 105 cm³/mol. The summed E-state index contributed by atoms with van der Waals surface area (Å²) in [6.07, 6.45) is 2.06. The van der Waals surface area contributed by atoms with Crippen LogP contribution < -0.4 is 0 Å². The van der Waals surface area contributed by atoms with E-state index >= 15 is 0 Å². The van der Waals surface area contributed by atoms with Gasteiger partial charge in [0, 0.05) is 0 Å². The summed E-state index contributed by atoms with van der Waals surface area (Å²) in [5, 5.41) is 10.5. The summed E-state index contributed by atoms with van der Waals surface area (Å²) in [6.45, 7) is 4.52. The lowest BCUT2D eigenvalue weighted by atomic mass is 10.1. The second-order valence-corrected chi connectivity index (χ2v) is 6.71. The lowest BCUT2D eigenvalue weighted by Crippen LogP contribution is -2.50. The number of carbonyl (C=O) groups excluding carboxylic acids is 1. The highest BCUT2D eigenvalue weighted by molar-refractivity contribution is 5.68. The van der Waals surface area contributed by atoms with Crippen molar-refractivity contribution in [2.45, 2.75) is 39.0 Å². The minimum atomic E-state index is -0.375. The topological polar surface area (TPSA) is 53.0 Å². The van der Waals surface area contributed by atoms with Gasteiger partial charge in [-0.2, -0.15) is 0 Å². The van der Waals surface area contributed by atoms with Crippen LogP contribution in [0.2, 0.25) is 0 Å². The van der Waals surface area contributed by atoms with Crippen molar-refractivity contribution in [2.24, 2.45) is 0 Å². The summed E-state index contributed by atoms with van der Waals surface area (Å²) < 4.78 is 5.52. The molecule has 27 heavy (non-hydrogen) atoms. The van der Waals surface area contributed by atoms with E-state index in [-0.39, 0.29) is 37.3 Å². The highest BCUT2D eigenvalue weighted by Crippen LogP contribution is 2.28. The van der Waals surface area contributed by atoms with Crippen molar-refractivity contribution in [3.05, 3.63) is 83.7 Å². The highest BCUT2D eigenvalue weighted by Gasteiger charge is 2.33. The molecule has 0 spiro atoms. The van der Waals surface area contributed by atoms with Crippen molar-refractivity contribution >= 4 is 6.09 Å². The number of amides is 1. The number of ether oxygens (including phenoxy) is 1. The Morgan fingerprint density at radius 2 is 1.78 bits per heavy atom. The molecule has 142 valence electrons. The van der Waals surface area contributed by atoms with Crippen molar-refractivity contribution in [3.63, 3.8) is 0 Å². The molecule has 5 heteroatoms. The number of carbonyl (C=O) groups is 1. The minimum absolute atomic E-state index is 0.0651. The van der Waals surface area contributed by atoms with Gasteiger partial charge in [0.05, 0.1) is 12.1 Å². The van der Waals surface area contributed by atoms with E-state index in [1.807, 2.05) is 79.4 Å². The second kappa shape index (κ2) is 8.62. The van der Waals surface area contributed by atoms with Crippen LogP contribution in [0, 0.1) is 0 Å². The first kappa shape index (κ1) is 18.8. The van der Waals surface area contributed by atoms with Crippen LogP contribution in [0.4, 0.5) is 4.79 Å². The largest absolute Gasteiger partial charge is 0.495 e. The summed E-state index contributed by atoms with van der Waals surface area (Å²) >= 11 is 0. The number of rotatable bonds is 5. The van der Waals surface area contributed by atoms with Crippen LogP contribution in [-0.2, 0) is 11.3 Å². The lowest BCUT2D eigenvalue weighted by molar-refractivity contribution is 0.0246. The zero-order chi connectivity index (χ0) is 19.2. The van der Waals surface area contributed by atoms with Gasteiger partial charge in [0.1, 0.15) is 13.3 Å². The van der Waals surface area contributed by atoms with Crippen molar-refractivity contribution in [1.82, 2.24) is 9.80 Å². The summed E-state index contributed by atoms with van der Waals surface area (Å²) in [6, 6.07) is 19.3. The van der Waals surface area contributed by atoms with Crippen LogP contribution in [0.25, 0.3) is 0 Å². The molecule has 2 atom stereocenters. The molecule has 0 saturated carbocycles. The quantitative estimate of drug-likeness (QED) is 0.823. The number of benzene rings is 2. The molecule has 0 saturated heterocycles. The number of aliphatic hydroxyl groups is 1. The van der Waals surface area contributed by atoms with Crippen molar-refractivity contribution in [3.8, 4) is 0 Å². The summed E-state index contributed by atoms with van der Waals surface area (Å²) in [5.41, 5.74) is 2.02. The van der Waals surface area contributed by atoms with E-state index in [2.05, 4.69) is 0 Å². The molecule has 0 radical (unpaired) electrons. The molecular formula is C22H26N2O3. The first-order chi connectivity index (χ1) is 13.1. The van der Waals surface area contributed by atoms with E-state index in [1.165, 1.54) is 0 Å². The Hall–Kier alpha value is -2.95. The van der Waals surface area contributed by atoms with E-state index in [0.29, 0.717) is 6.42 Å². The molecule has 1 amide bonds. The van der Waals surface area contributed by atoms with Crippen LogP contribution >= 0.6 is 0 Å². The molecule has 0 aliphatic carbocycles. The van der Waals surface area contributed by atoms with Crippen molar-refractivity contribution < 1.29 is 14.6 Å². The molecule has 1 aliphatic rings. The molecule has 2 aromatic rings. The van der Waals surface area contributed by atoms with Gasteiger partial charge >= 0.3 is 6.09 Å². The van der Waals surface area contributed by atoms with Gasteiger partial charge in [0.25, 0.3) is 0 Å². The van der Waals surface area contributed by atoms with Crippen LogP contribution in [0.1, 0.15) is 37.4 Å². The van der Waals surface area contributed by atoms with Gasteiger partial charge in [-0.1, -0.05) is 67.6 Å². The fraction of sp³-hybridized carbons (Fsp3) is 0.318. The van der Waals surface area contributed by atoms with E-state index in [4.69, 9.17) is 4.74 Å². The maximum Gasteiger partial charge on any atom is 0.412 e. The Labute approximate surface area is 160 Å². The average molecular weight is 366 g/mol. The van der Waals surface area contributed by atoms with Crippen LogP contribution in [-0.4, -0.2) is 33.7 Å². The second-order valence-electron chi connectivity index (χ2n) is 6.71. The summed E-state index contributed by atoms with van der Waals surface area (Å²) in [5.74, 6) is 0.199. The molecule has 5 nitrogen and oxygen atoms in total. The van der Waals surface area contributed by atoms with Gasteiger partial charge < -0.3 is 14.7 Å². The molecule has 1 aliphatic heterocycles. The maximum absolute atomic E-state index is 12.7. The molecule has 0 unspecified atom stereocenters. The smallest absolute Gasteiger partial charge is 0.412 e. The molecule has 0 bridgehead atoms. The zero-order valence-electron chi connectivity index (χ0n) is 15.8. The van der Waals surface area contributed by atoms with Gasteiger partial charge in [-0.3, -0.25) is 4.90 Å². The summed E-state index contributed by atoms with van der Waals surface area (Å²) in [7, 11) is 0. The number of hydrogen-bond acceptors (Lipinski definition) is 4. The Kier molecular flexibility index (Phi) is 6.01. The molecule has 0 fully saturated rings. The van der Waals surface area contributed by atoms with Gasteiger partial charge in [-0.05, 0) is 30.5 Å². The number of aliphatic hydroxyl groups excluding tert-OH is 1. The lowest BCUT2D eigenvalue weighted by Gasteiger charge is -2.41. The Balaban J connectivity index is 1.73. The molecule has 0 aromatic heterocycles. The minimum Gasteiger partial charge on any atom is -0.495 e. The predicted octanol–water partition coefficient (Wildman–Crippen LogP) is 4.84. The Morgan fingerprint density at radius 1 is 1.15 bits per heavy atom. The van der Waals surface area contributed by atoms with E-state index in [1.54, 1.807) is 11.0 Å². The molecular weight excluding hydrogens is 340 g/mol. The highest BCUT2D eigenvalue weighted by atomic mass is 16.6. The van der Waals surface area contributed by atoms with Crippen LogP contribution in [0.5, 0.6) is 0 Å². The average Bonchev–Trinajstić information content (AvgIpc) is 2.72. The first-order valence-electron chi connectivity index (χ1n) is 9.29. The van der Waals surface area contributed by atoms with Crippen LogP contribution in [0.3, 0.4) is 0 Å². The molecule has 1 heterocycles. The van der Waals surface area contributed by atoms with Gasteiger partial charge in [0.15, 0.2) is 5.88 Å². The Morgan fingerprint density at radius 3 is 2.41 bits per heavy atom. The van der Waals surface area contributed by atoms with E-state index < -0.39 is 0 Å². The number of hydrogen-bond donors (Lipinski definition) is 1. The van der Waals surface area contributed by atoms with Gasteiger partial charge in [-0.25, -0.2) is 4.79 Å². The molecule has 1 N–H and O–H groups in total. The standard InChI is InChI=1S/C22H26N2O3/c1-3-20-14-21(25)23(17(2)19-12-8-5-9-13-19)16-24(20)22(26)27-15-18-10-6-4-7-11-18/h4-14,17,20,25H,3,15-16H2,1-2H3/t17-,20-/m0/s1. The summed E-state index contributed by atoms with van der Waals surface area (Å²) in [4.78, 5) is 16.2.